The fourth-order valence-corrected chi connectivity index (χ4v) is 4.26. The fourth-order valence-electron chi connectivity index (χ4n) is 3.12. The van der Waals surface area contributed by atoms with Crippen molar-refractivity contribution in [2.24, 2.45) is 0 Å². The monoisotopic (exact) mass is 360 g/mol. The number of urea groups is 1. The van der Waals surface area contributed by atoms with Crippen molar-refractivity contribution in [2.75, 3.05) is 27.2 Å². The summed E-state index contributed by atoms with van der Waals surface area (Å²) in [5.41, 5.74) is 1.05. The maximum absolute atomic E-state index is 12.4. The quantitative estimate of drug-likeness (QED) is 0.915. The zero-order valence-electron chi connectivity index (χ0n) is 14.9. The minimum absolute atomic E-state index is 0.0993. The van der Waals surface area contributed by atoms with Crippen molar-refractivity contribution in [3.05, 3.63) is 29.3 Å². The summed E-state index contributed by atoms with van der Waals surface area (Å²) in [6, 6.07) is 7.51. The Bertz CT molecular complexity index is 732. The largest absolute Gasteiger partial charge is 0.347 e. The molecule has 0 radical (unpaired) electrons. The lowest BCUT2D eigenvalue weighted by Gasteiger charge is -2.32. The van der Waals surface area contributed by atoms with E-state index < -0.39 is 6.04 Å². The van der Waals surface area contributed by atoms with E-state index in [0.29, 0.717) is 19.0 Å². The number of para-hydroxylation sites is 1. The number of carbonyl (C=O) groups excluding carboxylic acids is 2. The number of benzene rings is 1. The molecule has 7 heteroatoms. The van der Waals surface area contributed by atoms with E-state index in [1.165, 1.54) is 9.60 Å². The van der Waals surface area contributed by atoms with E-state index in [9.17, 15) is 9.59 Å². The Morgan fingerprint density at radius 3 is 2.60 bits per heavy atom. The van der Waals surface area contributed by atoms with Gasteiger partial charge in [0, 0.05) is 33.1 Å². The van der Waals surface area contributed by atoms with Crippen molar-refractivity contribution in [1.82, 2.24) is 20.1 Å². The van der Waals surface area contributed by atoms with Crippen molar-refractivity contribution >= 4 is 33.5 Å². The van der Waals surface area contributed by atoms with Gasteiger partial charge in [0.25, 0.3) is 0 Å². The summed E-state index contributed by atoms with van der Waals surface area (Å²) in [6.07, 6.45) is 1.81. The van der Waals surface area contributed by atoms with Crippen LogP contribution in [0.3, 0.4) is 0 Å². The Balaban J connectivity index is 1.56. The van der Waals surface area contributed by atoms with E-state index in [4.69, 9.17) is 4.98 Å². The topological polar surface area (TPSA) is 65.5 Å². The number of aromatic nitrogens is 1. The summed E-state index contributed by atoms with van der Waals surface area (Å²) in [5, 5.41) is 3.95. The summed E-state index contributed by atoms with van der Waals surface area (Å²) in [7, 11) is 3.38. The highest BCUT2D eigenvalue weighted by Crippen LogP contribution is 2.33. The van der Waals surface area contributed by atoms with Crippen LogP contribution >= 0.6 is 11.3 Å². The number of hydrogen-bond acceptors (Lipinski definition) is 4. The molecule has 1 aliphatic heterocycles. The van der Waals surface area contributed by atoms with Crippen LogP contribution < -0.4 is 5.32 Å². The molecule has 3 rings (SSSR count). The van der Waals surface area contributed by atoms with Crippen LogP contribution in [-0.2, 0) is 4.79 Å². The summed E-state index contributed by atoms with van der Waals surface area (Å²) >= 11 is 1.75. The van der Waals surface area contributed by atoms with E-state index in [-0.39, 0.29) is 11.9 Å². The fraction of sp³-hybridized carbons (Fsp3) is 0.500. The Morgan fingerprint density at radius 2 is 1.96 bits per heavy atom. The number of carbonyl (C=O) groups is 2. The van der Waals surface area contributed by atoms with Gasteiger partial charge in [-0.1, -0.05) is 12.1 Å². The summed E-state index contributed by atoms with van der Waals surface area (Å²) < 4.78 is 1.22. The van der Waals surface area contributed by atoms with Gasteiger partial charge in [0.15, 0.2) is 0 Å². The van der Waals surface area contributed by atoms with Gasteiger partial charge in [-0.15, -0.1) is 11.3 Å². The molecule has 1 aliphatic rings. The molecular formula is C18H24N4O2S. The smallest absolute Gasteiger partial charge is 0.318 e. The number of rotatable bonds is 3. The number of amides is 3. The predicted molar refractivity (Wildman–Crippen MR) is 99.9 cm³/mol. The van der Waals surface area contributed by atoms with Gasteiger partial charge >= 0.3 is 6.03 Å². The molecule has 2 aromatic rings. The molecule has 0 bridgehead atoms. The molecule has 1 atom stereocenters. The second-order valence-electron chi connectivity index (χ2n) is 6.68. The molecule has 0 spiro atoms. The van der Waals surface area contributed by atoms with Crippen LogP contribution in [0.25, 0.3) is 10.2 Å². The molecular weight excluding hydrogens is 336 g/mol. The second kappa shape index (κ2) is 7.39. The van der Waals surface area contributed by atoms with E-state index in [1.807, 2.05) is 18.2 Å². The van der Waals surface area contributed by atoms with Crippen LogP contribution in [0, 0.1) is 0 Å². The predicted octanol–water partition coefficient (Wildman–Crippen LogP) is 2.66. The van der Waals surface area contributed by atoms with Crippen molar-refractivity contribution in [3.8, 4) is 0 Å². The number of nitrogens with zero attached hydrogens (tertiary/aromatic N) is 3. The van der Waals surface area contributed by atoms with Crippen LogP contribution in [0.5, 0.6) is 0 Å². The highest BCUT2D eigenvalue weighted by atomic mass is 32.1. The maximum Gasteiger partial charge on any atom is 0.318 e. The number of fused-ring (bicyclic) bond motifs is 1. The van der Waals surface area contributed by atoms with Gasteiger partial charge in [0.1, 0.15) is 6.04 Å². The first-order valence-corrected chi connectivity index (χ1v) is 9.39. The average Bonchev–Trinajstić information content (AvgIpc) is 3.05. The van der Waals surface area contributed by atoms with Gasteiger partial charge in [0.05, 0.1) is 15.2 Å². The number of likely N-dealkylation sites (tertiary alicyclic amines) is 1. The third-order valence-corrected chi connectivity index (χ3v) is 5.79. The highest BCUT2D eigenvalue weighted by Gasteiger charge is 2.27. The van der Waals surface area contributed by atoms with E-state index in [0.717, 1.165) is 23.4 Å². The van der Waals surface area contributed by atoms with Gasteiger partial charge < -0.3 is 15.1 Å². The molecule has 1 aromatic heterocycles. The summed E-state index contributed by atoms with van der Waals surface area (Å²) in [4.78, 5) is 32.3. The molecule has 3 amide bonds. The average molecular weight is 360 g/mol. The molecule has 134 valence electrons. The number of hydrogen-bond donors (Lipinski definition) is 1. The number of thiazole rings is 1. The molecule has 1 saturated heterocycles. The Morgan fingerprint density at radius 1 is 1.28 bits per heavy atom. The minimum atomic E-state index is -0.510. The summed E-state index contributed by atoms with van der Waals surface area (Å²) in [5.74, 6) is 0.306. The third-order valence-electron chi connectivity index (χ3n) is 4.59. The number of piperidine rings is 1. The van der Waals surface area contributed by atoms with Gasteiger partial charge in [-0.25, -0.2) is 9.78 Å². The standard InChI is InChI=1S/C18H24N4O2S/c1-12(17(23)21(2)3)19-18(24)22-10-8-13(9-11-22)16-20-14-6-4-5-7-15(14)25-16/h4-7,12-13H,8-11H2,1-3H3,(H,19,24). The normalized spacial score (nSPS) is 16.7. The highest BCUT2D eigenvalue weighted by molar-refractivity contribution is 7.18. The molecule has 0 saturated carbocycles. The summed E-state index contributed by atoms with van der Waals surface area (Å²) in [6.45, 7) is 3.10. The van der Waals surface area contributed by atoms with Crippen molar-refractivity contribution in [2.45, 2.75) is 31.7 Å². The third kappa shape index (κ3) is 3.92. The molecule has 1 unspecified atom stereocenters. The SMILES string of the molecule is CC(NC(=O)N1CCC(c2nc3ccccc3s2)CC1)C(=O)N(C)C. The molecule has 25 heavy (non-hydrogen) atoms. The second-order valence-corrected chi connectivity index (χ2v) is 7.75. The van der Waals surface area contributed by atoms with Gasteiger partial charge in [-0.05, 0) is 31.9 Å². The van der Waals surface area contributed by atoms with Gasteiger partial charge in [-0.3, -0.25) is 4.79 Å². The molecule has 0 aliphatic carbocycles. The molecule has 1 fully saturated rings. The number of likely N-dealkylation sites (N-methyl/N-ethyl adjacent to an activating group) is 1. The van der Waals surface area contributed by atoms with Gasteiger partial charge in [0.2, 0.25) is 5.91 Å². The van der Waals surface area contributed by atoms with Crippen LogP contribution in [0.15, 0.2) is 24.3 Å². The van der Waals surface area contributed by atoms with E-state index in [2.05, 4.69) is 11.4 Å². The Labute approximate surface area is 151 Å². The van der Waals surface area contributed by atoms with Crippen molar-refractivity contribution in [1.29, 1.82) is 0 Å². The Hall–Kier alpha value is -2.15. The lowest BCUT2D eigenvalue weighted by Crippen LogP contribution is -2.51. The zero-order chi connectivity index (χ0) is 18.0. The van der Waals surface area contributed by atoms with Crippen LogP contribution in [0.1, 0.15) is 30.7 Å². The maximum atomic E-state index is 12.4. The van der Waals surface area contributed by atoms with Crippen LogP contribution in [0.4, 0.5) is 4.79 Å². The van der Waals surface area contributed by atoms with E-state index >= 15 is 0 Å². The zero-order valence-corrected chi connectivity index (χ0v) is 15.7. The van der Waals surface area contributed by atoms with Gasteiger partial charge in [-0.2, -0.15) is 0 Å². The first-order valence-electron chi connectivity index (χ1n) is 8.58. The molecule has 1 aromatic carbocycles. The minimum Gasteiger partial charge on any atom is -0.347 e. The molecule has 2 heterocycles. The van der Waals surface area contributed by atoms with Crippen molar-refractivity contribution < 1.29 is 9.59 Å². The number of nitrogens with one attached hydrogen (secondary N) is 1. The van der Waals surface area contributed by atoms with Crippen LogP contribution in [-0.4, -0.2) is 59.9 Å². The lowest BCUT2D eigenvalue weighted by molar-refractivity contribution is -0.130. The Kier molecular flexibility index (Phi) is 5.22. The molecule has 1 N–H and O–H groups in total. The first-order chi connectivity index (χ1) is 12.0. The van der Waals surface area contributed by atoms with Crippen LogP contribution in [0.2, 0.25) is 0 Å². The lowest BCUT2D eigenvalue weighted by atomic mass is 9.98. The van der Waals surface area contributed by atoms with Crippen molar-refractivity contribution in [3.63, 3.8) is 0 Å². The van der Waals surface area contributed by atoms with E-state index in [1.54, 1.807) is 37.3 Å². The first kappa shape index (κ1) is 17.7. The molecule has 6 nitrogen and oxygen atoms in total.